The minimum absolute atomic E-state index is 0.301. The first-order valence-corrected chi connectivity index (χ1v) is 5.23. The van der Waals surface area contributed by atoms with E-state index in [1.807, 2.05) is 32.9 Å². The summed E-state index contributed by atoms with van der Waals surface area (Å²) in [4.78, 5) is 11.8. The van der Waals surface area contributed by atoms with Crippen molar-refractivity contribution in [2.75, 3.05) is 7.11 Å². The van der Waals surface area contributed by atoms with Crippen LogP contribution in [0.2, 0.25) is 0 Å². The number of hydrogen-bond donors (Lipinski definition) is 0. The minimum atomic E-state index is -0.464. The summed E-state index contributed by atoms with van der Waals surface area (Å²) in [7, 11) is 1.63. The topological polar surface area (TPSA) is 35.5 Å². The molecule has 0 saturated carbocycles. The van der Waals surface area contributed by atoms with Gasteiger partial charge in [-0.2, -0.15) is 0 Å². The Morgan fingerprint density at radius 3 is 2.56 bits per heavy atom. The van der Waals surface area contributed by atoms with Crippen molar-refractivity contribution in [1.29, 1.82) is 0 Å². The van der Waals surface area contributed by atoms with Gasteiger partial charge in [0.1, 0.15) is 5.60 Å². The molecule has 1 rings (SSSR count). The summed E-state index contributed by atoms with van der Waals surface area (Å²) in [6, 6.07) is 7.27. The summed E-state index contributed by atoms with van der Waals surface area (Å²) in [5, 5.41) is 0. The summed E-state index contributed by atoms with van der Waals surface area (Å²) in [5.74, 6) is -0.301. The van der Waals surface area contributed by atoms with Crippen LogP contribution in [-0.4, -0.2) is 18.7 Å². The fourth-order valence-corrected chi connectivity index (χ4v) is 1.29. The number of rotatable bonds is 3. The van der Waals surface area contributed by atoms with Gasteiger partial charge < -0.3 is 9.47 Å². The lowest BCUT2D eigenvalue weighted by Gasteiger charge is -2.19. The lowest BCUT2D eigenvalue weighted by molar-refractivity contribution is 0.00693. The molecule has 0 fully saturated rings. The molecule has 0 amide bonds. The summed E-state index contributed by atoms with van der Waals surface area (Å²) < 4.78 is 10.3. The molecule has 0 aliphatic heterocycles. The number of hydrogen-bond acceptors (Lipinski definition) is 3. The number of esters is 1. The summed E-state index contributed by atoms with van der Waals surface area (Å²) in [5.41, 5.74) is 1.06. The van der Waals surface area contributed by atoms with Crippen LogP contribution in [0.15, 0.2) is 24.3 Å². The highest BCUT2D eigenvalue weighted by Crippen LogP contribution is 2.13. The van der Waals surface area contributed by atoms with Crippen molar-refractivity contribution in [2.45, 2.75) is 33.0 Å². The van der Waals surface area contributed by atoms with E-state index in [9.17, 15) is 4.79 Å². The van der Waals surface area contributed by atoms with Crippen LogP contribution in [0.4, 0.5) is 0 Å². The van der Waals surface area contributed by atoms with Gasteiger partial charge in [0.2, 0.25) is 0 Å². The minimum Gasteiger partial charge on any atom is -0.456 e. The summed E-state index contributed by atoms with van der Waals surface area (Å²) in [6.45, 7) is 6.05. The van der Waals surface area contributed by atoms with E-state index in [1.54, 1.807) is 19.2 Å². The third-order valence-electron chi connectivity index (χ3n) is 1.87. The van der Waals surface area contributed by atoms with Crippen molar-refractivity contribution < 1.29 is 14.3 Å². The Bertz CT molecular complexity index is 364. The van der Waals surface area contributed by atoms with Crippen LogP contribution in [0, 0.1) is 0 Å². The van der Waals surface area contributed by atoms with Gasteiger partial charge in [0.25, 0.3) is 0 Å². The fourth-order valence-electron chi connectivity index (χ4n) is 1.29. The molecule has 88 valence electrons. The number of carbonyl (C=O) groups excluding carboxylic acids is 1. The van der Waals surface area contributed by atoms with E-state index in [2.05, 4.69) is 0 Å². The average molecular weight is 222 g/mol. The monoisotopic (exact) mass is 222 g/mol. The molecule has 0 aromatic heterocycles. The predicted octanol–water partition coefficient (Wildman–Crippen LogP) is 2.79. The lowest BCUT2D eigenvalue weighted by Crippen LogP contribution is -2.23. The molecule has 0 radical (unpaired) electrons. The van der Waals surface area contributed by atoms with Crippen LogP contribution in [-0.2, 0) is 16.1 Å². The number of benzene rings is 1. The van der Waals surface area contributed by atoms with Crippen molar-refractivity contribution in [3.05, 3.63) is 35.4 Å². The van der Waals surface area contributed by atoms with Gasteiger partial charge in [-0.1, -0.05) is 12.1 Å². The summed E-state index contributed by atoms with van der Waals surface area (Å²) in [6.07, 6.45) is 0. The fraction of sp³-hybridized carbons (Fsp3) is 0.462. The Labute approximate surface area is 96.4 Å². The molecule has 0 aliphatic carbocycles. The molecule has 0 aliphatic rings. The van der Waals surface area contributed by atoms with E-state index >= 15 is 0 Å². The Hall–Kier alpha value is -1.35. The average Bonchev–Trinajstić information content (AvgIpc) is 2.16. The molecule has 0 spiro atoms. The van der Waals surface area contributed by atoms with Crippen LogP contribution in [0.25, 0.3) is 0 Å². The van der Waals surface area contributed by atoms with Crippen LogP contribution in [0.5, 0.6) is 0 Å². The second-order valence-corrected chi connectivity index (χ2v) is 4.64. The lowest BCUT2D eigenvalue weighted by atomic mass is 10.1. The smallest absolute Gasteiger partial charge is 0.338 e. The molecule has 0 bridgehead atoms. The predicted molar refractivity (Wildman–Crippen MR) is 62.3 cm³/mol. The maximum absolute atomic E-state index is 11.8. The quantitative estimate of drug-likeness (QED) is 0.738. The zero-order chi connectivity index (χ0) is 12.2. The summed E-state index contributed by atoms with van der Waals surface area (Å²) >= 11 is 0. The van der Waals surface area contributed by atoms with Crippen LogP contribution in [0.1, 0.15) is 36.7 Å². The highest BCUT2D eigenvalue weighted by molar-refractivity contribution is 5.89. The van der Waals surface area contributed by atoms with E-state index in [1.165, 1.54) is 0 Å². The number of ether oxygens (including phenoxy) is 2. The molecular weight excluding hydrogens is 204 g/mol. The third-order valence-corrected chi connectivity index (χ3v) is 1.87. The first-order chi connectivity index (χ1) is 7.42. The second-order valence-electron chi connectivity index (χ2n) is 4.64. The normalized spacial score (nSPS) is 11.2. The number of carbonyl (C=O) groups is 1. The zero-order valence-corrected chi connectivity index (χ0v) is 10.2. The Kier molecular flexibility index (Phi) is 4.07. The maximum Gasteiger partial charge on any atom is 0.338 e. The van der Waals surface area contributed by atoms with Crippen molar-refractivity contribution in [3.8, 4) is 0 Å². The standard InChI is InChI=1S/C13H18O3/c1-13(2,3)16-12(14)11-7-5-6-10(8-11)9-15-4/h5-8H,9H2,1-4H3. The Morgan fingerprint density at radius 2 is 2.00 bits per heavy atom. The van der Waals surface area contributed by atoms with Gasteiger partial charge in [-0.05, 0) is 38.5 Å². The van der Waals surface area contributed by atoms with Gasteiger partial charge in [0.15, 0.2) is 0 Å². The van der Waals surface area contributed by atoms with E-state index < -0.39 is 5.60 Å². The van der Waals surface area contributed by atoms with Gasteiger partial charge in [-0.15, -0.1) is 0 Å². The van der Waals surface area contributed by atoms with Crippen molar-refractivity contribution >= 4 is 5.97 Å². The van der Waals surface area contributed by atoms with E-state index in [0.29, 0.717) is 12.2 Å². The van der Waals surface area contributed by atoms with Gasteiger partial charge in [-0.3, -0.25) is 0 Å². The van der Waals surface area contributed by atoms with Gasteiger partial charge in [-0.25, -0.2) is 4.79 Å². The molecule has 0 N–H and O–H groups in total. The van der Waals surface area contributed by atoms with E-state index in [4.69, 9.17) is 9.47 Å². The van der Waals surface area contributed by atoms with Gasteiger partial charge in [0.05, 0.1) is 12.2 Å². The molecule has 3 heteroatoms. The van der Waals surface area contributed by atoms with Crippen molar-refractivity contribution in [1.82, 2.24) is 0 Å². The highest BCUT2D eigenvalue weighted by Gasteiger charge is 2.17. The van der Waals surface area contributed by atoms with Gasteiger partial charge >= 0.3 is 5.97 Å². The molecule has 1 aromatic rings. The molecule has 0 heterocycles. The first kappa shape index (κ1) is 12.7. The first-order valence-electron chi connectivity index (χ1n) is 5.23. The molecule has 16 heavy (non-hydrogen) atoms. The second kappa shape index (κ2) is 5.12. The van der Waals surface area contributed by atoms with Crippen LogP contribution in [0.3, 0.4) is 0 Å². The third kappa shape index (κ3) is 4.03. The van der Waals surface area contributed by atoms with Crippen LogP contribution >= 0.6 is 0 Å². The molecular formula is C13H18O3. The largest absolute Gasteiger partial charge is 0.456 e. The highest BCUT2D eigenvalue weighted by atomic mass is 16.6. The Balaban J connectivity index is 2.79. The van der Waals surface area contributed by atoms with Crippen molar-refractivity contribution in [3.63, 3.8) is 0 Å². The zero-order valence-electron chi connectivity index (χ0n) is 10.2. The molecule has 0 unspecified atom stereocenters. The van der Waals surface area contributed by atoms with Crippen molar-refractivity contribution in [2.24, 2.45) is 0 Å². The van der Waals surface area contributed by atoms with Crippen LogP contribution < -0.4 is 0 Å². The molecule has 0 atom stereocenters. The van der Waals surface area contributed by atoms with E-state index in [0.717, 1.165) is 5.56 Å². The van der Waals surface area contributed by atoms with E-state index in [-0.39, 0.29) is 5.97 Å². The maximum atomic E-state index is 11.8. The molecule has 3 nitrogen and oxygen atoms in total. The number of methoxy groups -OCH3 is 1. The van der Waals surface area contributed by atoms with Gasteiger partial charge in [0, 0.05) is 7.11 Å². The SMILES string of the molecule is COCc1cccc(C(=O)OC(C)(C)C)c1. The molecule has 1 aromatic carbocycles. The Morgan fingerprint density at radius 1 is 1.31 bits per heavy atom. The molecule has 0 saturated heterocycles.